The summed E-state index contributed by atoms with van der Waals surface area (Å²) in [4.78, 5) is 4.59. The number of rotatable bonds is 5. The van der Waals surface area contributed by atoms with E-state index in [0.29, 0.717) is 17.0 Å². The van der Waals surface area contributed by atoms with Crippen LogP contribution < -0.4 is 4.74 Å². The van der Waals surface area contributed by atoms with Crippen LogP contribution in [-0.2, 0) is 0 Å². The summed E-state index contributed by atoms with van der Waals surface area (Å²) in [6.45, 7) is 4.15. The smallest absolute Gasteiger partial charge is 0.217 e. The van der Waals surface area contributed by atoms with E-state index in [0.717, 1.165) is 16.5 Å². The van der Waals surface area contributed by atoms with Gasteiger partial charge in [-0.3, -0.25) is 0 Å². The second-order valence-corrected chi connectivity index (χ2v) is 6.50. The topological polar surface area (TPSA) is 42.4 Å². The molecule has 1 heterocycles. The van der Waals surface area contributed by atoms with Gasteiger partial charge in [0.25, 0.3) is 0 Å². The zero-order valence-electron chi connectivity index (χ0n) is 14.7. The lowest BCUT2D eigenvalue weighted by Crippen LogP contribution is -2.13. The van der Waals surface area contributed by atoms with Crippen LogP contribution in [0.1, 0.15) is 25.3 Å². The molecular weight excluding hydrogens is 317 g/mol. The van der Waals surface area contributed by atoms with Gasteiger partial charge in [0, 0.05) is 22.4 Å². The van der Waals surface area contributed by atoms with Crippen LogP contribution in [0.15, 0.2) is 48.5 Å². The van der Waals surface area contributed by atoms with Crippen LogP contribution in [0.5, 0.6) is 5.88 Å². The molecule has 1 atom stereocenters. The van der Waals surface area contributed by atoms with Crippen LogP contribution in [0.4, 0.5) is 4.39 Å². The third-order valence-corrected chi connectivity index (χ3v) is 4.61. The number of aliphatic hydroxyl groups excluding tert-OH is 1. The Hall–Kier alpha value is -2.46. The molecule has 0 spiro atoms. The number of benzene rings is 2. The zero-order chi connectivity index (χ0) is 18.0. The minimum absolute atomic E-state index is 0.0365. The first-order chi connectivity index (χ1) is 12.0. The lowest BCUT2D eigenvalue weighted by atomic mass is 9.89. The van der Waals surface area contributed by atoms with Gasteiger partial charge in [-0.2, -0.15) is 0 Å². The predicted octanol–water partition coefficient (Wildman–Crippen LogP) is 4.78. The fraction of sp³-hybridized carbons (Fsp3) is 0.286. The van der Waals surface area contributed by atoms with E-state index in [1.165, 1.54) is 6.07 Å². The lowest BCUT2D eigenvalue weighted by molar-refractivity contribution is 0.233. The monoisotopic (exact) mass is 339 g/mol. The van der Waals surface area contributed by atoms with Gasteiger partial charge in [0.2, 0.25) is 5.88 Å². The highest BCUT2D eigenvalue weighted by molar-refractivity contribution is 5.87. The lowest BCUT2D eigenvalue weighted by Gasteiger charge is -2.21. The molecule has 3 nitrogen and oxygen atoms in total. The molecule has 0 aliphatic rings. The van der Waals surface area contributed by atoms with Crippen molar-refractivity contribution in [2.45, 2.75) is 19.8 Å². The van der Waals surface area contributed by atoms with Crippen molar-refractivity contribution in [3.8, 4) is 17.1 Å². The molecule has 2 aromatic carbocycles. The Kier molecular flexibility index (Phi) is 5.00. The van der Waals surface area contributed by atoms with Gasteiger partial charge in [0.15, 0.2) is 0 Å². The van der Waals surface area contributed by atoms with Gasteiger partial charge < -0.3 is 9.84 Å². The number of fused-ring (bicyclic) bond motifs is 1. The van der Waals surface area contributed by atoms with Gasteiger partial charge in [-0.25, -0.2) is 9.37 Å². The fourth-order valence-corrected chi connectivity index (χ4v) is 3.12. The first kappa shape index (κ1) is 17.4. The summed E-state index contributed by atoms with van der Waals surface area (Å²) in [7, 11) is 1.57. The molecule has 1 aromatic heterocycles. The molecule has 4 heteroatoms. The van der Waals surface area contributed by atoms with Crippen molar-refractivity contribution in [1.82, 2.24) is 4.98 Å². The molecule has 3 rings (SSSR count). The maximum atomic E-state index is 14.1. The average molecular weight is 339 g/mol. The molecule has 0 bridgehead atoms. The summed E-state index contributed by atoms with van der Waals surface area (Å²) in [5, 5.41) is 11.1. The van der Waals surface area contributed by atoms with E-state index in [4.69, 9.17) is 4.74 Å². The van der Waals surface area contributed by atoms with Crippen molar-refractivity contribution in [2.24, 2.45) is 5.92 Å². The van der Waals surface area contributed by atoms with E-state index >= 15 is 0 Å². The summed E-state index contributed by atoms with van der Waals surface area (Å²) in [5.41, 5.74) is 2.43. The van der Waals surface area contributed by atoms with Gasteiger partial charge >= 0.3 is 0 Å². The zero-order valence-corrected chi connectivity index (χ0v) is 14.7. The highest BCUT2D eigenvalue weighted by atomic mass is 19.1. The normalized spacial score (nSPS) is 12.6. The highest BCUT2D eigenvalue weighted by Crippen LogP contribution is 2.33. The van der Waals surface area contributed by atoms with Crippen LogP contribution in [0.2, 0.25) is 0 Å². The summed E-state index contributed by atoms with van der Waals surface area (Å²) >= 11 is 0. The number of methoxy groups -OCH3 is 1. The maximum Gasteiger partial charge on any atom is 0.217 e. The molecule has 1 N–H and O–H groups in total. The van der Waals surface area contributed by atoms with Crippen molar-refractivity contribution in [2.75, 3.05) is 13.7 Å². The second-order valence-electron chi connectivity index (χ2n) is 6.50. The van der Waals surface area contributed by atoms with Crippen molar-refractivity contribution >= 4 is 10.8 Å². The Balaban J connectivity index is 2.08. The second kappa shape index (κ2) is 7.19. The van der Waals surface area contributed by atoms with Gasteiger partial charge in [0.1, 0.15) is 5.82 Å². The Morgan fingerprint density at radius 3 is 2.60 bits per heavy atom. The van der Waals surface area contributed by atoms with Crippen LogP contribution in [0.3, 0.4) is 0 Å². The van der Waals surface area contributed by atoms with Crippen molar-refractivity contribution in [3.63, 3.8) is 0 Å². The Labute approximate surface area is 147 Å². The molecule has 0 fully saturated rings. The van der Waals surface area contributed by atoms with E-state index in [-0.39, 0.29) is 24.3 Å². The van der Waals surface area contributed by atoms with E-state index in [1.54, 1.807) is 19.2 Å². The third-order valence-electron chi connectivity index (χ3n) is 4.61. The van der Waals surface area contributed by atoms with Gasteiger partial charge in [-0.1, -0.05) is 44.2 Å². The largest absolute Gasteiger partial charge is 0.481 e. The molecule has 0 aliphatic heterocycles. The average Bonchev–Trinajstić information content (AvgIpc) is 2.62. The van der Waals surface area contributed by atoms with E-state index in [2.05, 4.69) is 18.8 Å². The van der Waals surface area contributed by atoms with Crippen molar-refractivity contribution < 1.29 is 14.2 Å². The number of pyridine rings is 1. The first-order valence-corrected chi connectivity index (χ1v) is 8.39. The number of nitrogens with zero attached hydrogens (tertiary/aromatic N) is 1. The summed E-state index contributed by atoms with van der Waals surface area (Å²) in [5.74, 6) is 0.480. The summed E-state index contributed by atoms with van der Waals surface area (Å²) in [6, 6.07) is 14.5. The highest BCUT2D eigenvalue weighted by Gasteiger charge is 2.20. The number of ether oxygens (including phenoxy) is 1. The van der Waals surface area contributed by atoms with Crippen molar-refractivity contribution in [1.29, 1.82) is 0 Å². The van der Waals surface area contributed by atoms with Crippen molar-refractivity contribution in [3.05, 3.63) is 59.9 Å². The molecule has 3 aromatic rings. The Morgan fingerprint density at radius 1 is 1.12 bits per heavy atom. The number of aromatic nitrogens is 1. The molecule has 25 heavy (non-hydrogen) atoms. The SMILES string of the molecule is COc1nc(-c2ccc3cccc(F)c3c2)ccc1C(CO)C(C)C. The molecule has 130 valence electrons. The van der Waals surface area contributed by atoms with Gasteiger partial charge in [-0.15, -0.1) is 0 Å². The molecule has 0 amide bonds. The fourth-order valence-electron chi connectivity index (χ4n) is 3.12. The maximum absolute atomic E-state index is 14.1. The number of aliphatic hydroxyl groups is 1. The van der Waals surface area contributed by atoms with Crippen LogP contribution in [-0.4, -0.2) is 23.8 Å². The summed E-state index contributed by atoms with van der Waals surface area (Å²) < 4.78 is 19.5. The van der Waals surface area contributed by atoms with Gasteiger partial charge in [-0.05, 0) is 29.5 Å². The molecule has 0 radical (unpaired) electrons. The molecule has 1 unspecified atom stereocenters. The van der Waals surface area contributed by atoms with E-state index in [9.17, 15) is 9.50 Å². The number of hydrogen-bond acceptors (Lipinski definition) is 3. The molecular formula is C21H22FNO2. The quantitative estimate of drug-likeness (QED) is 0.727. The number of halogens is 1. The van der Waals surface area contributed by atoms with Crippen LogP contribution in [0.25, 0.3) is 22.0 Å². The van der Waals surface area contributed by atoms with E-state index in [1.807, 2.05) is 30.3 Å². The van der Waals surface area contributed by atoms with E-state index < -0.39 is 0 Å². The molecule has 0 saturated heterocycles. The minimum Gasteiger partial charge on any atom is -0.481 e. The predicted molar refractivity (Wildman–Crippen MR) is 98.4 cm³/mol. The van der Waals surface area contributed by atoms with Crippen LogP contribution >= 0.6 is 0 Å². The van der Waals surface area contributed by atoms with Crippen LogP contribution in [0, 0.1) is 11.7 Å². The van der Waals surface area contributed by atoms with Gasteiger partial charge in [0.05, 0.1) is 19.4 Å². The first-order valence-electron chi connectivity index (χ1n) is 8.39. The Bertz CT molecular complexity index is 892. The molecule has 0 aliphatic carbocycles. The minimum atomic E-state index is -0.247. The molecule has 0 saturated carbocycles. The number of hydrogen-bond donors (Lipinski definition) is 1. The Morgan fingerprint density at radius 2 is 1.92 bits per heavy atom. The summed E-state index contributed by atoms with van der Waals surface area (Å²) in [6.07, 6.45) is 0. The standard InChI is InChI=1S/C21H22FNO2/c1-13(2)18(12-24)16-9-10-20(23-21(16)25-3)15-8-7-14-5-4-6-19(22)17(14)11-15/h4-11,13,18,24H,12H2,1-3H3. The third kappa shape index (κ3) is 3.35.